The summed E-state index contributed by atoms with van der Waals surface area (Å²) < 4.78 is 0. The summed E-state index contributed by atoms with van der Waals surface area (Å²) in [4.78, 5) is 13.9. The second-order valence-electron chi connectivity index (χ2n) is 3.23. The predicted molar refractivity (Wildman–Crippen MR) is 59.3 cm³/mol. The van der Waals surface area contributed by atoms with Gasteiger partial charge in [0.25, 0.3) is 0 Å². The van der Waals surface area contributed by atoms with E-state index >= 15 is 0 Å². The highest BCUT2D eigenvalue weighted by Gasteiger charge is 2.15. The van der Waals surface area contributed by atoms with Crippen LogP contribution >= 0.6 is 11.6 Å². The van der Waals surface area contributed by atoms with Gasteiger partial charge in [-0.2, -0.15) is 0 Å². The number of nitrogens with zero attached hydrogens (tertiary/aromatic N) is 2. The van der Waals surface area contributed by atoms with E-state index in [-0.39, 0.29) is 16.9 Å². The van der Waals surface area contributed by atoms with Gasteiger partial charge in [0.2, 0.25) is 0 Å². The summed E-state index contributed by atoms with van der Waals surface area (Å²) in [6.07, 6.45) is 2.03. The summed E-state index contributed by atoms with van der Waals surface area (Å²) in [5.41, 5.74) is 0.356. The van der Waals surface area contributed by atoms with Crippen LogP contribution in [0.1, 0.15) is 20.3 Å². The van der Waals surface area contributed by atoms with Gasteiger partial charge in [-0.05, 0) is 13.3 Å². The summed E-state index contributed by atoms with van der Waals surface area (Å²) in [7, 11) is 0. The van der Waals surface area contributed by atoms with E-state index in [1.807, 2.05) is 13.8 Å². The van der Waals surface area contributed by atoms with Crippen LogP contribution < -0.4 is 5.32 Å². The summed E-state index contributed by atoms with van der Waals surface area (Å²) in [6, 6.07) is 1.62. The van der Waals surface area contributed by atoms with Gasteiger partial charge in [0, 0.05) is 12.1 Å². The average Bonchev–Trinajstić information content (AvgIpc) is 2.17. The summed E-state index contributed by atoms with van der Waals surface area (Å²) in [5, 5.41) is 13.9. The molecule has 82 valence electrons. The van der Waals surface area contributed by atoms with Gasteiger partial charge in [0.15, 0.2) is 0 Å². The Morgan fingerprint density at radius 1 is 1.73 bits per heavy atom. The maximum atomic E-state index is 10.7. The maximum Gasteiger partial charge on any atom is 0.310 e. The van der Waals surface area contributed by atoms with Crippen molar-refractivity contribution < 1.29 is 4.92 Å². The molecule has 0 unspecified atom stereocenters. The van der Waals surface area contributed by atoms with E-state index in [4.69, 9.17) is 11.6 Å². The van der Waals surface area contributed by atoms with E-state index in [9.17, 15) is 10.1 Å². The molecule has 0 aromatic carbocycles. The third-order valence-electron chi connectivity index (χ3n) is 2.06. The van der Waals surface area contributed by atoms with E-state index in [0.29, 0.717) is 5.69 Å². The van der Waals surface area contributed by atoms with Gasteiger partial charge in [0.1, 0.15) is 17.0 Å². The van der Waals surface area contributed by atoms with Gasteiger partial charge >= 0.3 is 5.69 Å². The second-order valence-corrected chi connectivity index (χ2v) is 3.62. The molecule has 1 atom stereocenters. The lowest BCUT2D eigenvalue weighted by atomic mass is 10.2. The number of nitro groups is 1. The van der Waals surface area contributed by atoms with E-state index in [2.05, 4.69) is 10.3 Å². The van der Waals surface area contributed by atoms with Crippen LogP contribution in [0.5, 0.6) is 0 Å². The molecule has 0 aliphatic heterocycles. The summed E-state index contributed by atoms with van der Waals surface area (Å²) >= 11 is 5.67. The number of hydrogen-bond acceptors (Lipinski definition) is 4. The molecule has 0 amide bonds. The first-order chi connectivity index (χ1) is 7.04. The van der Waals surface area contributed by atoms with Crippen molar-refractivity contribution in [3.8, 4) is 0 Å². The molecule has 5 nitrogen and oxygen atoms in total. The molecule has 0 bridgehead atoms. The fraction of sp³-hybridized carbons (Fsp3) is 0.444. The van der Waals surface area contributed by atoms with Crippen LogP contribution in [-0.2, 0) is 0 Å². The highest BCUT2D eigenvalue weighted by molar-refractivity contribution is 6.29. The first-order valence-electron chi connectivity index (χ1n) is 4.61. The zero-order valence-electron chi connectivity index (χ0n) is 8.53. The summed E-state index contributed by atoms with van der Waals surface area (Å²) in [6.45, 7) is 3.93. The van der Waals surface area contributed by atoms with Crippen LogP contribution in [0, 0.1) is 10.1 Å². The molecule has 0 saturated heterocycles. The zero-order chi connectivity index (χ0) is 11.4. The molecular weight excluding hydrogens is 218 g/mol. The fourth-order valence-electron chi connectivity index (χ4n) is 1.05. The van der Waals surface area contributed by atoms with Crippen LogP contribution in [-0.4, -0.2) is 15.9 Å². The van der Waals surface area contributed by atoms with Crippen molar-refractivity contribution in [3.63, 3.8) is 0 Å². The number of pyridine rings is 1. The Kier molecular flexibility index (Phi) is 3.85. The van der Waals surface area contributed by atoms with E-state index in [1.165, 1.54) is 6.07 Å². The van der Waals surface area contributed by atoms with E-state index in [0.717, 1.165) is 12.6 Å². The molecule has 1 N–H and O–H groups in total. The molecule has 0 aliphatic rings. The predicted octanol–water partition coefficient (Wildman–Crippen LogP) is 2.85. The third kappa shape index (κ3) is 3.06. The molecular formula is C9H12ClN3O2. The van der Waals surface area contributed by atoms with Crippen LogP contribution in [0.2, 0.25) is 5.15 Å². The van der Waals surface area contributed by atoms with E-state index < -0.39 is 4.92 Å². The van der Waals surface area contributed by atoms with Gasteiger partial charge in [-0.25, -0.2) is 4.98 Å². The molecule has 1 aromatic rings. The molecule has 6 heteroatoms. The van der Waals surface area contributed by atoms with Crippen LogP contribution in [0.25, 0.3) is 0 Å². The topological polar surface area (TPSA) is 68.1 Å². The third-order valence-corrected chi connectivity index (χ3v) is 2.27. The Labute approximate surface area is 92.6 Å². The molecule has 0 saturated carbocycles. The Bertz CT molecular complexity index is 370. The number of aromatic nitrogens is 1. The minimum Gasteiger partial charge on any atom is -0.377 e. The minimum absolute atomic E-state index is 0.0558. The van der Waals surface area contributed by atoms with Gasteiger partial charge in [-0.3, -0.25) is 10.1 Å². The minimum atomic E-state index is -0.478. The molecule has 0 fully saturated rings. The Morgan fingerprint density at radius 3 is 2.93 bits per heavy atom. The van der Waals surface area contributed by atoms with Crippen LogP contribution in [0.15, 0.2) is 12.3 Å². The first kappa shape index (κ1) is 11.7. The monoisotopic (exact) mass is 229 g/mol. The zero-order valence-corrected chi connectivity index (χ0v) is 9.28. The largest absolute Gasteiger partial charge is 0.377 e. The lowest BCUT2D eigenvalue weighted by molar-refractivity contribution is -0.384. The van der Waals surface area contributed by atoms with Crippen LogP contribution in [0.4, 0.5) is 11.4 Å². The maximum absolute atomic E-state index is 10.7. The molecule has 0 spiro atoms. The molecule has 0 radical (unpaired) electrons. The molecule has 0 aliphatic carbocycles. The Balaban J connectivity index is 3.02. The van der Waals surface area contributed by atoms with Crippen molar-refractivity contribution >= 4 is 23.0 Å². The number of rotatable bonds is 4. The van der Waals surface area contributed by atoms with E-state index in [1.54, 1.807) is 0 Å². The van der Waals surface area contributed by atoms with Gasteiger partial charge in [0.05, 0.1) is 4.92 Å². The lowest BCUT2D eigenvalue weighted by Gasteiger charge is -2.12. The SMILES string of the molecule is CC[C@@H](C)Nc1cc(Cl)ncc1[N+](=O)[O-]. The van der Waals surface area contributed by atoms with Crippen molar-refractivity contribution in [3.05, 3.63) is 27.5 Å². The standard InChI is InChI=1S/C9H12ClN3O2/c1-3-6(2)12-7-4-9(10)11-5-8(7)13(14)15/h4-6H,3H2,1-2H3,(H,11,12)/t6-/m1/s1. The van der Waals surface area contributed by atoms with Gasteiger partial charge in [-0.15, -0.1) is 0 Å². The van der Waals surface area contributed by atoms with Crippen molar-refractivity contribution in [2.75, 3.05) is 5.32 Å². The number of nitrogens with one attached hydrogen (secondary N) is 1. The Morgan fingerprint density at radius 2 is 2.40 bits per heavy atom. The number of hydrogen-bond donors (Lipinski definition) is 1. The van der Waals surface area contributed by atoms with Gasteiger partial charge < -0.3 is 5.32 Å². The highest BCUT2D eigenvalue weighted by Crippen LogP contribution is 2.26. The van der Waals surface area contributed by atoms with Gasteiger partial charge in [-0.1, -0.05) is 18.5 Å². The van der Waals surface area contributed by atoms with Crippen molar-refractivity contribution in [1.82, 2.24) is 4.98 Å². The lowest BCUT2D eigenvalue weighted by Crippen LogP contribution is -2.14. The normalized spacial score (nSPS) is 12.2. The number of anilines is 1. The molecule has 15 heavy (non-hydrogen) atoms. The molecule has 1 rings (SSSR count). The number of halogens is 1. The second kappa shape index (κ2) is 4.93. The highest BCUT2D eigenvalue weighted by atomic mass is 35.5. The van der Waals surface area contributed by atoms with Crippen LogP contribution in [0.3, 0.4) is 0 Å². The average molecular weight is 230 g/mol. The molecule has 1 aromatic heterocycles. The fourth-order valence-corrected chi connectivity index (χ4v) is 1.21. The van der Waals surface area contributed by atoms with Crippen molar-refractivity contribution in [2.24, 2.45) is 0 Å². The summed E-state index contributed by atoms with van der Waals surface area (Å²) in [5.74, 6) is 0. The quantitative estimate of drug-likeness (QED) is 0.490. The smallest absolute Gasteiger partial charge is 0.310 e. The molecule has 1 heterocycles. The first-order valence-corrected chi connectivity index (χ1v) is 4.98. The van der Waals surface area contributed by atoms with Crippen molar-refractivity contribution in [2.45, 2.75) is 26.3 Å². The Hall–Kier alpha value is -1.36. The van der Waals surface area contributed by atoms with Crippen molar-refractivity contribution in [1.29, 1.82) is 0 Å².